The highest BCUT2D eigenvalue weighted by molar-refractivity contribution is 5.92. The van der Waals surface area contributed by atoms with Crippen LogP contribution in [-0.2, 0) is 13.1 Å². The molecule has 5 nitrogen and oxygen atoms in total. The molecule has 1 aromatic heterocycles. The van der Waals surface area contributed by atoms with Crippen LogP contribution in [0.1, 0.15) is 28.9 Å². The number of nitrogens with zero attached hydrogens (tertiary/aromatic N) is 3. The van der Waals surface area contributed by atoms with Crippen molar-refractivity contribution in [3.63, 3.8) is 0 Å². The number of likely N-dealkylation sites (tertiary alicyclic amines) is 1. The van der Waals surface area contributed by atoms with Crippen molar-refractivity contribution in [3.8, 4) is 0 Å². The fourth-order valence-corrected chi connectivity index (χ4v) is 3.32. The smallest absolute Gasteiger partial charge is 0.269 e. The molecule has 0 unspecified atom stereocenters. The van der Waals surface area contributed by atoms with E-state index in [0.29, 0.717) is 12.5 Å². The second kappa shape index (κ2) is 8.89. The lowest BCUT2D eigenvalue weighted by Gasteiger charge is -2.32. The van der Waals surface area contributed by atoms with Gasteiger partial charge in [-0.25, -0.2) is 8.78 Å². The van der Waals surface area contributed by atoms with Crippen LogP contribution in [0.3, 0.4) is 0 Å². The molecule has 1 fully saturated rings. The van der Waals surface area contributed by atoms with Gasteiger partial charge in [-0.05, 0) is 43.5 Å². The number of hydrogen-bond donors (Lipinski definition) is 1. The number of amides is 1. The molecule has 26 heavy (non-hydrogen) atoms. The van der Waals surface area contributed by atoms with Crippen LogP contribution >= 0.6 is 0 Å². The number of carbonyl (C=O) groups is 1. The zero-order valence-electron chi connectivity index (χ0n) is 14.7. The molecule has 0 aliphatic carbocycles. The largest absolute Gasteiger partial charge is 0.350 e. The van der Waals surface area contributed by atoms with Crippen molar-refractivity contribution in [2.75, 3.05) is 19.6 Å². The Balaban J connectivity index is 1.42. The molecule has 1 N–H and O–H groups in total. The molecule has 2 aromatic rings. The van der Waals surface area contributed by atoms with E-state index in [0.717, 1.165) is 37.2 Å². The Kier molecular flexibility index (Phi) is 6.33. The lowest BCUT2D eigenvalue weighted by Crippen LogP contribution is -2.38. The van der Waals surface area contributed by atoms with Crippen LogP contribution in [0.5, 0.6) is 0 Å². The van der Waals surface area contributed by atoms with Crippen LogP contribution in [0.4, 0.5) is 8.78 Å². The normalized spacial score (nSPS) is 16.1. The van der Waals surface area contributed by atoms with Crippen molar-refractivity contribution in [1.82, 2.24) is 20.0 Å². The third kappa shape index (κ3) is 5.11. The van der Waals surface area contributed by atoms with Crippen LogP contribution in [-0.4, -0.2) is 46.6 Å². The van der Waals surface area contributed by atoms with Crippen molar-refractivity contribution in [3.05, 3.63) is 53.9 Å². The minimum atomic E-state index is -2.53. The summed E-state index contributed by atoms with van der Waals surface area (Å²) in [6, 6.07) is 11.9. The molecule has 0 bridgehead atoms. The fraction of sp³-hybridized carbons (Fsp3) is 0.474. The summed E-state index contributed by atoms with van der Waals surface area (Å²) in [5.41, 5.74) is 1.50. The van der Waals surface area contributed by atoms with Gasteiger partial charge in [-0.1, -0.05) is 30.3 Å². The maximum Gasteiger partial charge on any atom is 0.269 e. The average Bonchev–Trinajstić information content (AvgIpc) is 3.09. The molecule has 140 valence electrons. The third-order valence-corrected chi connectivity index (χ3v) is 4.77. The van der Waals surface area contributed by atoms with Gasteiger partial charge in [-0.3, -0.25) is 14.4 Å². The van der Waals surface area contributed by atoms with Gasteiger partial charge in [0.1, 0.15) is 12.2 Å². The predicted octanol–water partition coefficient (Wildman–Crippen LogP) is 2.79. The minimum Gasteiger partial charge on any atom is -0.350 e. The molecular weight excluding hydrogens is 338 g/mol. The van der Waals surface area contributed by atoms with Gasteiger partial charge in [0.25, 0.3) is 12.3 Å². The van der Waals surface area contributed by atoms with E-state index in [2.05, 4.69) is 39.6 Å². The monoisotopic (exact) mass is 362 g/mol. The van der Waals surface area contributed by atoms with Crippen LogP contribution in [0.15, 0.2) is 42.6 Å². The molecule has 1 amide bonds. The fourth-order valence-electron chi connectivity index (χ4n) is 3.32. The first-order chi connectivity index (χ1) is 12.6. The Morgan fingerprint density at radius 3 is 2.62 bits per heavy atom. The molecule has 0 saturated carbocycles. The lowest BCUT2D eigenvalue weighted by atomic mass is 9.96. The van der Waals surface area contributed by atoms with Crippen molar-refractivity contribution in [1.29, 1.82) is 0 Å². The van der Waals surface area contributed by atoms with E-state index in [4.69, 9.17) is 0 Å². The summed E-state index contributed by atoms with van der Waals surface area (Å²) in [7, 11) is 0. The first kappa shape index (κ1) is 18.5. The second-order valence-corrected chi connectivity index (χ2v) is 6.70. The maximum atomic E-state index is 12.5. The summed E-state index contributed by atoms with van der Waals surface area (Å²) in [5, 5.41) is 6.66. The number of hydrogen-bond acceptors (Lipinski definition) is 3. The highest BCUT2D eigenvalue weighted by atomic mass is 19.3. The van der Waals surface area contributed by atoms with Gasteiger partial charge in [-0.2, -0.15) is 5.10 Å². The van der Waals surface area contributed by atoms with E-state index in [1.165, 1.54) is 17.8 Å². The molecule has 2 heterocycles. The van der Waals surface area contributed by atoms with Gasteiger partial charge >= 0.3 is 0 Å². The maximum absolute atomic E-state index is 12.5. The summed E-state index contributed by atoms with van der Waals surface area (Å²) < 4.78 is 26.1. The van der Waals surface area contributed by atoms with Crippen LogP contribution < -0.4 is 5.32 Å². The van der Waals surface area contributed by atoms with Crippen molar-refractivity contribution < 1.29 is 13.6 Å². The standard InChI is InChI=1S/C19H24F2N4O/c20-18(21)14-25-17(6-9-23-25)19(26)22-12-15-7-10-24(11-8-15)13-16-4-2-1-3-5-16/h1-6,9,15,18H,7-8,10-14H2,(H,22,26). The molecule has 0 radical (unpaired) electrons. The van der Waals surface area contributed by atoms with Crippen LogP contribution in [0.25, 0.3) is 0 Å². The van der Waals surface area contributed by atoms with Gasteiger partial charge in [0.05, 0.1) is 0 Å². The number of benzene rings is 1. The minimum absolute atomic E-state index is 0.187. The molecule has 1 saturated heterocycles. The summed E-state index contributed by atoms with van der Waals surface area (Å²) >= 11 is 0. The highest BCUT2D eigenvalue weighted by Gasteiger charge is 2.21. The number of alkyl halides is 2. The number of rotatable bonds is 7. The van der Waals surface area contributed by atoms with Crippen LogP contribution in [0.2, 0.25) is 0 Å². The summed E-state index contributed by atoms with van der Waals surface area (Å²) in [4.78, 5) is 14.7. The van der Waals surface area contributed by atoms with Gasteiger partial charge in [0.2, 0.25) is 0 Å². The van der Waals surface area contributed by atoms with Crippen LogP contribution in [0, 0.1) is 5.92 Å². The molecule has 1 aliphatic rings. The number of carbonyl (C=O) groups excluding carboxylic acids is 1. The Bertz CT molecular complexity index is 697. The Morgan fingerprint density at radius 2 is 1.92 bits per heavy atom. The predicted molar refractivity (Wildman–Crippen MR) is 95.0 cm³/mol. The lowest BCUT2D eigenvalue weighted by molar-refractivity contribution is 0.0906. The number of halogens is 2. The Morgan fingerprint density at radius 1 is 1.19 bits per heavy atom. The zero-order valence-corrected chi connectivity index (χ0v) is 14.7. The number of nitrogens with one attached hydrogen (secondary N) is 1. The van der Waals surface area contributed by atoms with Gasteiger partial charge in [0.15, 0.2) is 0 Å². The molecule has 7 heteroatoms. The summed E-state index contributed by atoms with van der Waals surface area (Å²) in [6.07, 6.45) is 0.877. The number of aromatic nitrogens is 2. The van der Waals surface area contributed by atoms with E-state index >= 15 is 0 Å². The summed E-state index contributed by atoms with van der Waals surface area (Å²) in [5.74, 6) is 0.0762. The Hall–Kier alpha value is -2.28. The highest BCUT2D eigenvalue weighted by Crippen LogP contribution is 2.18. The van der Waals surface area contributed by atoms with Crippen molar-refractivity contribution >= 4 is 5.91 Å². The van der Waals surface area contributed by atoms with E-state index < -0.39 is 13.0 Å². The second-order valence-electron chi connectivity index (χ2n) is 6.70. The quantitative estimate of drug-likeness (QED) is 0.824. The SMILES string of the molecule is O=C(NCC1CCN(Cc2ccccc2)CC1)c1ccnn1CC(F)F. The van der Waals surface area contributed by atoms with Gasteiger partial charge in [0, 0.05) is 19.3 Å². The van der Waals surface area contributed by atoms with E-state index in [1.54, 1.807) is 0 Å². The van der Waals surface area contributed by atoms with E-state index in [1.807, 2.05) is 6.07 Å². The summed E-state index contributed by atoms with van der Waals surface area (Å²) in [6.45, 7) is 2.95. The molecule has 1 aliphatic heterocycles. The molecular formula is C19H24F2N4O. The van der Waals surface area contributed by atoms with E-state index in [9.17, 15) is 13.6 Å². The molecule has 3 rings (SSSR count). The van der Waals surface area contributed by atoms with E-state index in [-0.39, 0.29) is 11.6 Å². The third-order valence-electron chi connectivity index (χ3n) is 4.77. The molecule has 0 atom stereocenters. The number of piperidine rings is 1. The molecule has 1 aromatic carbocycles. The first-order valence-electron chi connectivity index (χ1n) is 8.96. The first-order valence-corrected chi connectivity index (χ1v) is 8.96. The van der Waals surface area contributed by atoms with Crippen molar-refractivity contribution in [2.45, 2.75) is 32.4 Å². The average molecular weight is 362 g/mol. The van der Waals surface area contributed by atoms with Gasteiger partial charge < -0.3 is 5.32 Å². The van der Waals surface area contributed by atoms with Crippen molar-refractivity contribution in [2.24, 2.45) is 5.92 Å². The Labute approximate surface area is 152 Å². The zero-order chi connectivity index (χ0) is 18.4. The molecule has 0 spiro atoms. The van der Waals surface area contributed by atoms with Gasteiger partial charge in [-0.15, -0.1) is 0 Å². The topological polar surface area (TPSA) is 50.2 Å².